The van der Waals surface area contributed by atoms with Crippen molar-refractivity contribution in [3.8, 4) is 6.07 Å². The SMILES string of the molecule is CN1SNC(C#N)CC1C(=O)Nc1ccc(F)c(Cl)c1. The quantitative estimate of drug-likeness (QED) is 0.819. The lowest BCUT2D eigenvalue weighted by Crippen LogP contribution is -2.48. The maximum absolute atomic E-state index is 13.0. The summed E-state index contributed by atoms with van der Waals surface area (Å²) in [6.45, 7) is 0. The Morgan fingerprint density at radius 3 is 3.10 bits per heavy atom. The van der Waals surface area contributed by atoms with Crippen LogP contribution in [0.1, 0.15) is 6.42 Å². The van der Waals surface area contributed by atoms with Gasteiger partial charge in [0.15, 0.2) is 0 Å². The molecule has 1 fully saturated rings. The van der Waals surface area contributed by atoms with Gasteiger partial charge < -0.3 is 5.32 Å². The second kappa shape index (κ2) is 6.41. The van der Waals surface area contributed by atoms with Crippen molar-refractivity contribution >= 4 is 35.3 Å². The molecular weight excluding hydrogens is 303 g/mol. The minimum Gasteiger partial charge on any atom is -0.325 e. The first kappa shape index (κ1) is 15.1. The monoisotopic (exact) mass is 314 g/mol. The van der Waals surface area contributed by atoms with Gasteiger partial charge in [0.05, 0.1) is 11.1 Å². The van der Waals surface area contributed by atoms with E-state index in [1.165, 1.54) is 30.3 Å². The van der Waals surface area contributed by atoms with Gasteiger partial charge in [0.1, 0.15) is 17.9 Å². The summed E-state index contributed by atoms with van der Waals surface area (Å²) in [5.41, 5.74) is 0.423. The van der Waals surface area contributed by atoms with Crippen LogP contribution in [0.25, 0.3) is 0 Å². The Hall–Kier alpha value is -1.33. The number of carbonyl (C=O) groups excluding carboxylic acids is 1. The molecule has 8 heteroatoms. The van der Waals surface area contributed by atoms with Gasteiger partial charge >= 0.3 is 0 Å². The zero-order valence-electron chi connectivity index (χ0n) is 10.6. The molecule has 5 nitrogen and oxygen atoms in total. The van der Waals surface area contributed by atoms with Crippen molar-refractivity contribution in [1.82, 2.24) is 9.03 Å². The van der Waals surface area contributed by atoms with E-state index in [4.69, 9.17) is 16.9 Å². The second-order valence-electron chi connectivity index (χ2n) is 4.31. The standard InChI is InChI=1S/C12H12ClFN4OS/c1-18-11(5-8(6-15)17-20-18)12(19)16-7-2-3-10(14)9(13)4-7/h2-4,8,11,17H,5H2,1H3,(H,16,19). The summed E-state index contributed by atoms with van der Waals surface area (Å²) >= 11 is 6.88. The number of nitrogens with zero attached hydrogens (tertiary/aromatic N) is 2. The highest BCUT2D eigenvalue weighted by molar-refractivity contribution is 7.95. The maximum Gasteiger partial charge on any atom is 0.242 e. The number of carbonyl (C=O) groups is 1. The number of benzene rings is 1. The number of anilines is 1. The summed E-state index contributed by atoms with van der Waals surface area (Å²) in [6, 6.07) is 5.23. The Morgan fingerprint density at radius 1 is 1.70 bits per heavy atom. The third-order valence-electron chi connectivity index (χ3n) is 2.88. The number of halogens is 2. The third-order valence-corrected chi connectivity index (χ3v) is 4.10. The number of nitrogens with one attached hydrogen (secondary N) is 2. The molecule has 20 heavy (non-hydrogen) atoms. The minimum absolute atomic E-state index is 0.0502. The van der Waals surface area contributed by atoms with Crippen LogP contribution in [0.5, 0.6) is 0 Å². The Bertz CT molecular complexity index is 565. The lowest BCUT2D eigenvalue weighted by molar-refractivity contribution is -0.119. The van der Waals surface area contributed by atoms with E-state index in [-0.39, 0.29) is 17.0 Å². The number of rotatable bonds is 2. The molecule has 106 valence electrons. The lowest BCUT2D eigenvalue weighted by atomic mass is 10.1. The summed E-state index contributed by atoms with van der Waals surface area (Å²) in [7, 11) is 1.76. The molecule has 0 aliphatic carbocycles. The molecule has 0 radical (unpaired) electrons. The minimum atomic E-state index is -0.538. The Kier molecular flexibility index (Phi) is 4.83. The summed E-state index contributed by atoms with van der Waals surface area (Å²) in [4.78, 5) is 12.2. The van der Waals surface area contributed by atoms with Crippen LogP contribution in [0.15, 0.2) is 18.2 Å². The van der Waals surface area contributed by atoms with E-state index in [2.05, 4.69) is 16.1 Å². The van der Waals surface area contributed by atoms with E-state index in [0.717, 1.165) is 0 Å². The molecule has 1 aliphatic rings. The summed E-state index contributed by atoms with van der Waals surface area (Å²) in [5, 5.41) is 11.5. The van der Waals surface area contributed by atoms with Crippen LogP contribution in [0, 0.1) is 17.1 Å². The van der Waals surface area contributed by atoms with Gasteiger partial charge in [-0.2, -0.15) is 5.26 Å². The smallest absolute Gasteiger partial charge is 0.242 e. The normalized spacial score (nSPS) is 23.1. The predicted octanol–water partition coefficient (Wildman–Crippen LogP) is 2.17. The Labute approximate surface area is 125 Å². The molecular formula is C12H12ClFN4OS. The van der Waals surface area contributed by atoms with E-state index in [0.29, 0.717) is 12.1 Å². The second-order valence-corrected chi connectivity index (χ2v) is 5.71. The van der Waals surface area contributed by atoms with Crippen molar-refractivity contribution < 1.29 is 9.18 Å². The molecule has 1 aromatic rings. The van der Waals surface area contributed by atoms with Crippen LogP contribution in [0.2, 0.25) is 5.02 Å². The van der Waals surface area contributed by atoms with Gasteiger partial charge in [-0.05, 0) is 25.2 Å². The molecule has 0 bridgehead atoms. The number of nitriles is 1. The molecule has 0 aromatic heterocycles. The Morgan fingerprint density at radius 2 is 2.45 bits per heavy atom. The van der Waals surface area contributed by atoms with Gasteiger partial charge in [-0.15, -0.1) is 0 Å². The van der Waals surface area contributed by atoms with Crippen LogP contribution in [-0.2, 0) is 4.79 Å². The van der Waals surface area contributed by atoms with Gasteiger partial charge in [-0.1, -0.05) is 11.6 Å². The van der Waals surface area contributed by atoms with E-state index in [9.17, 15) is 9.18 Å². The largest absolute Gasteiger partial charge is 0.325 e. The van der Waals surface area contributed by atoms with Crippen molar-refractivity contribution in [2.24, 2.45) is 0 Å². The summed E-state index contributed by atoms with van der Waals surface area (Å²) in [5.74, 6) is -0.798. The molecule has 2 rings (SSSR count). The first-order chi connectivity index (χ1) is 9.51. The zero-order valence-corrected chi connectivity index (χ0v) is 12.1. The number of likely N-dealkylation sites (N-methyl/N-ethyl adjacent to an activating group) is 1. The highest BCUT2D eigenvalue weighted by atomic mass is 35.5. The van der Waals surface area contributed by atoms with E-state index >= 15 is 0 Å². The first-order valence-corrected chi connectivity index (χ1v) is 6.97. The van der Waals surface area contributed by atoms with Crippen molar-refractivity contribution in [2.45, 2.75) is 18.5 Å². The van der Waals surface area contributed by atoms with Crippen molar-refractivity contribution in [3.05, 3.63) is 29.0 Å². The molecule has 2 N–H and O–H groups in total. The fourth-order valence-electron chi connectivity index (χ4n) is 1.78. The molecule has 2 unspecified atom stereocenters. The summed E-state index contributed by atoms with van der Waals surface area (Å²) < 4.78 is 17.7. The molecule has 1 aliphatic heterocycles. The average Bonchev–Trinajstić information content (AvgIpc) is 2.43. The highest BCUT2D eigenvalue weighted by Crippen LogP contribution is 2.23. The van der Waals surface area contributed by atoms with Crippen LogP contribution < -0.4 is 10.0 Å². The molecule has 1 saturated heterocycles. The van der Waals surface area contributed by atoms with Gasteiger partial charge in [-0.3, -0.25) is 4.79 Å². The molecule has 0 saturated carbocycles. The van der Waals surface area contributed by atoms with Gasteiger partial charge in [0, 0.05) is 24.2 Å². The van der Waals surface area contributed by atoms with Crippen LogP contribution >= 0.6 is 23.7 Å². The molecule has 1 aromatic carbocycles. The van der Waals surface area contributed by atoms with E-state index < -0.39 is 11.9 Å². The summed E-state index contributed by atoms with van der Waals surface area (Å²) in [6.07, 6.45) is 0.376. The predicted molar refractivity (Wildman–Crippen MR) is 76.3 cm³/mol. The molecule has 1 amide bonds. The van der Waals surface area contributed by atoms with E-state index in [1.807, 2.05) is 0 Å². The number of hydrogen-bond acceptors (Lipinski definition) is 5. The van der Waals surface area contributed by atoms with Crippen molar-refractivity contribution in [1.29, 1.82) is 5.26 Å². The first-order valence-electron chi connectivity index (χ1n) is 5.82. The molecule has 0 spiro atoms. The third kappa shape index (κ3) is 3.41. The van der Waals surface area contributed by atoms with Crippen molar-refractivity contribution in [2.75, 3.05) is 12.4 Å². The zero-order chi connectivity index (χ0) is 14.7. The maximum atomic E-state index is 13.0. The van der Waals surface area contributed by atoms with Crippen molar-refractivity contribution in [3.63, 3.8) is 0 Å². The van der Waals surface area contributed by atoms with Gasteiger partial charge in [0.2, 0.25) is 5.91 Å². The molecule has 2 atom stereocenters. The number of amides is 1. The van der Waals surface area contributed by atoms with Crippen LogP contribution in [0.3, 0.4) is 0 Å². The van der Waals surface area contributed by atoms with Gasteiger partial charge in [0.25, 0.3) is 0 Å². The molecule has 1 heterocycles. The highest BCUT2D eigenvalue weighted by Gasteiger charge is 2.32. The topological polar surface area (TPSA) is 68.2 Å². The van der Waals surface area contributed by atoms with Gasteiger partial charge in [-0.25, -0.2) is 13.4 Å². The lowest BCUT2D eigenvalue weighted by Gasteiger charge is -2.32. The Balaban J connectivity index is 2.07. The number of hydrogen-bond donors (Lipinski definition) is 2. The average molecular weight is 315 g/mol. The fraction of sp³-hybridized carbons (Fsp3) is 0.333. The fourth-order valence-corrected chi connectivity index (χ4v) is 2.71. The van der Waals surface area contributed by atoms with Crippen LogP contribution in [-0.4, -0.2) is 29.3 Å². The van der Waals surface area contributed by atoms with E-state index in [1.54, 1.807) is 11.4 Å². The van der Waals surface area contributed by atoms with Crippen LogP contribution in [0.4, 0.5) is 10.1 Å².